The molecule has 1 aliphatic heterocycles. The molecule has 0 atom stereocenters. The third-order valence-electron chi connectivity index (χ3n) is 3.45. The van der Waals surface area contributed by atoms with Gasteiger partial charge in [-0.3, -0.25) is 4.79 Å². The number of amides is 1. The highest BCUT2D eigenvalue weighted by atomic mass is 32.2. The van der Waals surface area contributed by atoms with E-state index in [2.05, 4.69) is 5.32 Å². The number of nitrogens with one attached hydrogen (secondary N) is 1. The first-order valence-electron chi connectivity index (χ1n) is 7.66. The highest BCUT2D eigenvalue weighted by Crippen LogP contribution is 2.22. The molecule has 0 spiro atoms. The highest BCUT2D eigenvalue weighted by molar-refractivity contribution is 7.89. The lowest BCUT2D eigenvalue weighted by Crippen LogP contribution is -2.25. The van der Waals surface area contributed by atoms with Gasteiger partial charge in [-0.15, -0.1) is 0 Å². The molecule has 0 saturated heterocycles. The number of sulfonamides is 1. The molecule has 0 radical (unpaired) electrons. The molecular weight excluding hydrogens is 364 g/mol. The second kappa shape index (κ2) is 8.19. The maximum Gasteiger partial charge on any atom is 0.377 e. The fraction of sp³-hybridized carbons (Fsp3) is 0.375. The van der Waals surface area contributed by atoms with E-state index in [1.54, 1.807) is 13.0 Å². The lowest BCUT2D eigenvalue weighted by molar-refractivity contribution is -0.148. The zero-order chi connectivity index (χ0) is 19.3. The van der Waals surface area contributed by atoms with Gasteiger partial charge in [0.15, 0.2) is 6.61 Å². The number of esters is 1. The first-order chi connectivity index (χ1) is 12.2. The number of ether oxygens (including phenoxy) is 3. The predicted octanol–water partition coefficient (Wildman–Crippen LogP) is 0.615. The Morgan fingerprint density at radius 3 is 2.62 bits per heavy atom. The Balaban J connectivity index is 2.02. The number of anilines is 1. The van der Waals surface area contributed by atoms with Gasteiger partial charge in [0, 0.05) is 19.8 Å². The molecule has 2 rings (SSSR count). The van der Waals surface area contributed by atoms with Crippen LogP contribution in [0.25, 0.3) is 0 Å². The quantitative estimate of drug-likeness (QED) is 0.716. The third-order valence-corrected chi connectivity index (χ3v) is 5.26. The van der Waals surface area contributed by atoms with E-state index >= 15 is 0 Å². The summed E-state index contributed by atoms with van der Waals surface area (Å²) in [6, 6.07) is 4.38. The zero-order valence-electron chi connectivity index (χ0n) is 14.6. The van der Waals surface area contributed by atoms with E-state index in [9.17, 15) is 18.0 Å². The third kappa shape index (κ3) is 4.73. The second-order valence-electron chi connectivity index (χ2n) is 5.59. The summed E-state index contributed by atoms with van der Waals surface area (Å²) in [6.45, 7) is 1.72. The number of carbonyl (C=O) groups is 2. The SMILES string of the molecule is Cc1ccc(S(=O)(=O)N(C)C)cc1NC(=O)COC(=O)C1=COCCO1. The summed E-state index contributed by atoms with van der Waals surface area (Å²) >= 11 is 0. The number of hydrogen-bond acceptors (Lipinski definition) is 7. The van der Waals surface area contributed by atoms with Gasteiger partial charge in [-0.2, -0.15) is 0 Å². The average Bonchev–Trinajstić information content (AvgIpc) is 2.62. The Bertz CT molecular complexity index is 831. The van der Waals surface area contributed by atoms with Crippen LogP contribution in [0.4, 0.5) is 5.69 Å². The number of hydrogen-bond donors (Lipinski definition) is 1. The summed E-state index contributed by atoms with van der Waals surface area (Å²) in [4.78, 5) is 23.8. The van der Waals surface area contributed by atoms with Gasteiger partial charge in [0.25, 0.3) is 5.91 Å². The van der Waals surface area contributed by atoms with Gasteiger partial charge in [0.05, 0.1) is 4.90 Å². The minimum Gasteiger partial charge on any atom is -0.493 e. The molecule has 0 bridgehead atoms. The van der Waals surface area contributed by atoms with Gasteiger partial charge >= 0.3 is 5.97 Å². The van der Waals surface area contributed by atoms with Crippen LogP contribution in [0, 0.1) is 6.92 Å². The van der Waals surface area contributed by atoms with Crippen molar-refractivity contribution in [3.05, 3.63) is 35.8 Å². The summed E-state index contributed by atoms with van der Waals surface area (Å²) in [7, 11) is -0.803. The number of nitrogens with zero attached hydrogens (tertiary/aromatic N) is 1. The Morgan fingerprint density at radius 1 is 1.27 bits per heavy atom. The maximum absolute atomic E-state index is 12.2. The molecule has 1 aromatic carbocycles. The van der Waals surface area contributed by atoms with Gasteiger partial charge in [0.1, 0.15) is 19.5 Å². The second-order valence-corrected chi connectivity index (χ2v) is 7.74. The minimum atomic E-state index is -3.63. The van der Waals surface area contributed by atoms with E-state index in [0.717, 1.165) is 10.6 Å². The van der Waals surface area contributed by atoms with Crippen molar-refractivity contribution in [2.45, 2.75) is 11.8 Å². The molecule has 1 aromatic rings. The van der Waals surface area contributed by atoms with E-state index in [0.29, 0.717) is 17.9 Å². The molecular formula is C16H20N2O7S. The minimum absolute atomic E-state index is 0.0401. The molecule has 1 amide bonds. The fourth-order valence-electron chi connectivity index (χ4n) is 1.97. The van der Waals surface area contributed by atoms with Crippen molar-refractivity contribution in [1.29, 1.82) is 0 Å². The average molecular weight is 384 g/mol. The zero-order valence-corrected chi connectivity index (χ0v) is 15.5. The number of benzene rings is 1. The van der Waals surface area contributed by atoms with Crippen LogP contribution in [0.5, 0.6) is 0 Å². The molecule has 0 aromatic heterocycles. The Labute approximate surface area is 151 Å². The number of carbonyl (C=O) groups excluding carboxylic acids is 2. The first-order valence-corrected chi connectivity index (χ1v) is 9.10. The topological polar surface area (TPSA) is 111 Å². The molecule has 10 heteroatoms. The van der Waals surface area contributed by atoms with E-state index < -0.39 is 28.5 Å². The van der Waals surface area contributed by atoms with Crippen LogP contribution in [0.2, 0.25) is 0 Å². The van der Waals surface area contributed by atoms with Crippen LogP contribution < -0.4 is 5.32 Å². The summed E-state index contributed by atoms with van der Waals surface area (Å²) in [6.07, 6.45) is 1.13. The fourth-order valence-corrected chi connectivity index (χ4v) is 2.90. The van der Waals surface area contributed by atoms with Crippen molar-refractivity contribution in [2.75, 3.05) is 39.2 Å². The normalized spacial score (nSPS) is 14.1. The largest absolute Gasteiger partial charge is 0.493 e. The van der Waals surface area contributed by atoms with Crippen LogP contribution in [0.3, 0.4) is 0 Å². The molecule has 0 fully saturated rings. The van der Waals surface area contributed by atoms with Gasteiger partial charge in [-0.05, 0) is 24.6 Å². The van der Waals surface area contributed by atoms with Crippen LogP contribution in [0.15, 0.2) is 35.1 Å². The Kier molecular flexibility index (Phi) is 6.22. The van der Waals surface area contributed by atoms with Gasteiger partial charge in [-0.1, -0.05) is 6.07 Å². The molecule has 0 saturated carbocycles. The Hall–Kier alpha value is -2.59. The van der Waals surface area contributed by atoms with E-state index in [4.69, 9.17) is 14.2 Å². The molecule has 142 valence electrons. The summed E-state index contributed by atoms with van der Waals surface area (Å²) in [5, 5.41) is 2.53. The van der Waals surface area contributed by atoms with Crippen molar-refractivity contribution in [3.8, 4) is 0 Å². The van der Waals surface area contributed by atoms with Crippen molar-refractivity contribution in [2.24, 2.45) is 0 Å². The molecule has 9 nitrogen and oxygen atoms in total. The van der Waals surface area contributed by atoms with Crippen molar-refractivity contribution >= 4 is 27.6 Å². The smallest absolute Gasteiger partial charge is 0.377 e. The van der Waals surface area contributed by atoms with Crippen LogP contribution in [-0.2, 0) is 33.8 Å². The molecule has 26 heavy (non-hydrogen) atoms. The Morgan fingerprint density at radius 2 is 2.00 bits per heavy atom. The van der Waals surface area contributed by atoms with Gasteiger partial charge in [0.2, 0.25) is 15.8 Å². The number of aryl methyl sites for hydroxylation is 1. The van der Waals surface area contributed by atoms with E-state index in [-0.39, 0.29) is 17.3 Å². The summed E-state index contributed by atoms with van der Waals surface area (Å²) in [5.74, 6) is -1.54. The monoisotopic (exact) mass is 384 g/mol. The lowest BCUT2D eigenvalue weighted by Gasteiger charge is -2.15. The number of rotatable bonds is 6. The highest BCUT2D eigenvalue weighted by Gasteiger charge is 2.20. The lowest BCUT2D eigenvalue weighted by atomic mass is 10.2. The molecule has 1 N–H and O–H groups in total. The molecule has 0 aliphatic carbocycles. The molecule has 0 unspecified atom stereocenters. The van der Waals surface area contributed by atoms with Crippen molar-refractivity contribution in [3.63, 3.8) is 0 Å². The maximum atomic E-state index is 12.2. The predicted molar refractivity (Wildman–Crippen MR) is 91.6 cm³/mol. The standard InChI is InChI=1S/C16H20N2O7S/c1-11-4-5-12(26(21,22)18(2)3)8-13(11)17-15(19)10-25-16(20)14-9-23-6-7-24-14/h4-5,8-9H,6-7,10H2,1-3H3,(H,17,19). The van der Waals surface area contributed by atoms with Crippen LogP contribution in [-0.4, -0.2) is 58.5 Å². The summed E-state index contributed by atoms with van der Waals surface area (Å²) < 4.78 is 40.3. The van der Waals surface area contributed by atoms with Crippen molar-refractivity contribution < 1.29 is 32.2 Å². The first kappa shape index (κ1) is 19.7. The van der Waals surface area contributed by atoms with Gasteiger partial charge in [-0.25, -0.2) is 17.5 Å². The van der Waals surface area contributed by atoms with Gasteiger partial charge < -0.3 is 19.5 Å². The van der Waals surface area contributed by atoms with Crippen LogP contribution >= 0.6 is 0 Å². The van der Waals surface area contributed by atoms with Crippen LogP contribution in [0.1, 0.15) is 5.56 Å². The van der Waals surface area contributed by atoms with E-state index in [1.807, 2.05) is 0 Å². The summed E-state index contributed by atoms with van der Waals surface area (Å²) in [5.41, 5.74) is 0.972. The molecule has 1 aliphatic rings. The molecule has 1 heterocycles. The van der Waals surface area contributed by atoms with E-state index in [1.165, 1.54) is 26.2 Å². The van der Waals surface area contributed by atoms with Crippen molar-refractivity contribution in [1.82, 2.24) is 4.31 Å².